The fourth-order valence-corrected chi connectivity index (χ4v) is 2.43. The van der Waals surface area contributed by atoms with Crippen molar-refractivity contribution in [2.24, 2.45) is 0 Å². The first-order valence-corrected chi connectivity index (χ1v) is 5.62. The molecule has 0 aliphatic carbocycles. The first kappa shape index (κ1) is 10.7. The molecule has 2 rings (SSSR count). The van der Waals surface area contributed by atoms with Gasteiger partial charge in [0.1, 0.15) is 0 Å². The highest BCUT2D eigenvalue weighted by Gasteiger charge is 2.26. The van der Waals surface area contributed by atoms with Gasteiger partial charge in [-0.3, -0.25) is 0 Å². The van der Waals surface area contributed by atoms with E-state index in [-0.39, 0.29) is 0 Å². The Morgan fingerprint density at radius 2 is 2.13 bits per heavy atom. The Labute approximate surface area is 91.6 Å². The summed E-state index contributed by atoms with van der Waals surface area (Å²) in [4.78, 5) is 0. The minimum Gasteiger partial charge on any atom is -0.381 e. The van der Waals surface area contributed by atoms with Gasteiger partial charge in [0.2, 0.25) is 0 Å². The van der Waals surface area contributed by atoms with Crippen LogP contribution >= 0.6 is 0 Å². The van der Waals surface area contributed by atoms with E-state index in [2.05, 4.69) is 36.5 Å². The van der Waals surface area contributed by atoms with Crippen molar-refractivity contribution >= 4 is 0 Å². The Balaban J connectivity index is 2.24. The van der Waals surface area contributed by atoms with Gasteiger partial charge < -0.3 is 10.1 Å². The average molecular weight is 205 g/mol. The van der Waals surface area contributed by atoms with Gasteiger partial charge in [-0.25, -0.2) is 0 Å². The summed E-state index contributed by atoms with van der Waals surface area (Å²) in [6.45, 7) is 4.28. The number of aryl methyl sites for hydroxylation is 1. The lowest BCUT2D eigenvalue weighted by atomic mass is 9.86. The summed E-state index contributed by atoms with van der Waals surface area (Å²) >= 11 is 0. The van der Waals surface area contributed by atoms with Crippen LogP contribution in [-0.2, 0) is 4.74 Å². The van der Waals surface area contributed by atoms with Gasteiger partial charge in [0, 0.05) is 19.6 Å². The molecule has 1 saturated heterocycles. The fraction of sp³-hybridized carbons (Fsp3) is 0.538. The zero-order chi connectivity index (χ0) is 10.7. The lowest BCUT2D eigenvalue weighted by Crippen LogP contribution is -2.39. The Kier molecular flexibility index (Phi) is 3.39. The molecule has 1 fully saturated rings. The van der Waals surface area contributed by atoms with Crippen LogP contribution < -0.4 is 5.32 Å². The van der Waals surface area contributed by atoms with E-state index in [0.29, 0.717) is 12.0 Å². The highest BCUT2D eigenvalue weighted by Crippen LogP contribution is 2.27. The first-order chi connectivity index (χ1) is 7.33. The maximum atomic E-state index is 5.57. The molecule has 1 aromatic rings. The quantitative estimate of drug-likeness (QED) is 0.798. The van der Waals surface area contributed by atoms with Gasteiger partial charge in [0.15, 0.2) is 0 Å². The Bertz CT molecular complexity index is 324. The second kappa shape index (κ2) is 4.77. The molecule has 1 aliphatic heterocycles. The minimum absolute atomic E-state index is 0.368. The Hall–Kier alpha value is -0.860. The zero-order valence-corrected chi connectivity index (χ0v) is 9.49. The van der Waals surface area contributed by atoms with Crippen LogP contribution in [0.1, 0.15) is 23.5 Å². The van der Waals surface area contributed by atoms with Crippen LogP contribution in [0.25, 0.3) is 0 Å². The lowest BCUT2D eigenvalue weighted by Gasteiger charge is -2.32. The topological polar surface area (TPSA) is 21.3 Å². The lowest BCUT2D eigenvalue weighted by molar-refractivity contribution is 0.0584. The largest absolute Gasteiger partial charge is 0.381 e. The van der Waals surface area contributed by atoms with Crippen LogP contribution in [0.5, 0.6) is 0 Å². The standard InChI is InChI=1S/C13H19NO/c1-10-5-3-4-6-11(10)12-9-14-8-7-13(12)15-2/h3-6,12-14H,7-9H2,1-2H3. The van der Waals surface area contributed by atoms with Crippen LogP contribution in [0.3, 0.4) is 0 Å². The molecule has 1 aliphatic rings. The van der Waals surface area contributed by atoms with Crippen molar-refractivity contribution in [1.82, 2.24) is 5.32 Å². The van der Waals surface area contributed by atoms with Gasteiger partial charge in [-0.15, -0.1) is 0 Å². The third-order valence-corrected chi connectivity index (χ3v) is 3.31. The van der Waals surface area contributed by atoms with Crippen molar-refractivity contribution in [3.8, 4) is 0 Å². The number of hydrogen-bond acceptors (Lipinski definition) is 2. The molecule has 0 aromatic heterocycles. The molecule has 2 unspecified atom stereocenters. The van der Waals surface area contributed by atoms with E-state index in [1.807, 2.05) is 7.11 Å². The first-order valence-electron chi connectivity index (χ1n) is 5.62. The highest BCUT2D eigenvalue weighted by atomic mass is 16.5. The van der Waals surface area contributed by atoms with E-state index < -0.39 is 0 Å². The molecule has 0 spiro atoms. The smallest absolute Gasteiger partial charge is 0.0664 e. The monoisotopic (exact) mass is 205 g/mol. The summed E-state index contributed by atoms with van der Waals surface area (Å²) in [5, 5.41) is 3.44. The van der Waals surface area contributed by atoms with Gasteiger partial charge in [-0.05, 0) is 31.0 Å². The third-order valence-electron chi connectivity index (χ3n) is 3.31. The Morgan fingerprint density at radius 1 is 1.33 bits per heavy atom. The molecule has 2 nitrogen and oxygen atoms in total. The maximum Gasteiger partial charge on any atom is 0.0664 e. The van der Waals surface area contributed by atoms with Gasteiger partial charge in [0.25, 0.3) is 0 Å². The van der Waals surface area contributed by atoms with E-state index >= 15 is 0 Å². The summed E-state index contributed by atoms with van der Waals surface area (Å²) < 4.78 is 5.57. The van der Waals surface area contributed by atoms with E-state index in [0.717, 1.165) is 19.5 Å². The predicted octanol–water partition coefficient (Wildman–Crippen LogP) is 2.09. The highest BCUT2D eigenvalue weighted by molar-refractivity contribution is 5.30. The SMILES string of the molecule is COC1CCNCC1c1ccccc1C. The molecule has 1 heterocycles. The molecule has 0 saturated carbocycles. The number of nitrogens with one attached hydrogen (secondary N) is 1. The Morgan fingerprint density at radius 3 is 2.87 bits per heavy atom. The molecule has 1 N–H and O–H groups in total. The molecule has 0 amide bonds. The number of rotatable bonds is 2. The summed E-state index contributed by atoms with van der Waals surface area (Å²) in [7, 11) is 1.82. The van der Waals surface area contributed by atoms with Crippen LogP contribution in [0, 0.1) is 6.92 Å². The molecule has 15 heavy (non-hydrogen) atoms. The predicted molar refractivity (Wildman–Crippen MR) is 62.2 cm³/mol. The minimum atomic E-state index is 0.368. The van der Waals surface area contributed by atoms with Crippen molar-refractivity contribution in [2.75, 3.05) is 20.2 Å². The summed E-state index contributed by atoms with van der Waals surface area (Å²) in [6.07, 6.45) is 1.47. The summed E-state index contributed by atoms with van der Waals surface area (Å²) in [5.41, 5.74) is 2.80. The number of benzene rings is 1. The van der Waals surface area contributed by atoms with Gasteiger partial charge >= 0.3 is 0 Å². The number of piperidine rings is 1. The van der Waals surface area contributed by atoms with E-state index in [4.69, 9.17) is 4.74 Å². The van der Waals surface area contributed by atoms with Crippen LogP contribution in [0.15, 0.2) is 24.3 Å². The molecule has 2 atom stereocenters. The second-order valence-corrected chi connectivity index (χ2v) is 4.23. The van der Waals surface area contributed by atoms with Gasteiger partial charge in [-0.2, -0.15) is 0 Å². The van der Waals surface area contributed by atoms with Crippen LogP contribution in [0.4, 0.5) is 0 Å². The molecular formula is C13H19NO. The molecule has 82 valence electrons. The fourth-order valence-electron chi connectivity index (χ4n) is 2.43. The number of ether oxygens (including phenoxy) is 1. The molecule has 0 radical (unpaired) electrons. The van der Waals surface area contributed by atoms with Gasteiger partial charge in [-0.1, -0.05) is 24.3 Å². The van der Waals surface area contributed by atoms with Gasteiger partial charge in [0.05, 0.1) is 6.10 Å². The molecule has 0 bridgehead atoms. The van der Waals surface area contributed by atoms with Crippen molar-refractivity contribution in [1.29, 1.82) is 0 Å². The van der Waals surface area contributed by atoms with Crippen LogP contribution in [-0.4, -0.2) is 26.3 Å². The van der Waals surface area contributed by atoms with Crippen molar-refractivity contribution in [3.63, 3.8) is 0 Å². The second-order valence-electron chi connectivity index (χ2n) is 4.23. The van der Waals surface area contributed by atoms with Crippen molar-refractivity contribution < 1.29 is 4.74 Å². The van der Waals surface area contributed by atoms with E-state index in [1.165, 1.54) is 11.1 Å². The summed E-state index contributed by atoms with van der Waals surface area (Å²) in [6, 6.07) is 8.61. The molecule has 1 aromatic carbocycles. The number of hydrogen-bond donors (Lipinski definition) is 1. The molecular weight excluding hydrogens is 186 g/mol. The van der Waals surface area contributed by atoms with E-state index in [9.17, 15) is 0 Å². The maximum absolute atomic E-state index is 5.57. The molecule has 2 heteroatoms. The zero-order valence-electron chi connectivity index (χ0n) is 9.49. The average Bonchev–Trinajstić information content (AvgIpc) is 2.30. The van der Waals surface area contributed by atoms with E-state index in [1.54, 1.807) is 0 Å². The van der Waals surface area contributed by atoms with Crippen molar-refractivity contribution in [2.45, 2.75) is 25.4 Å². The van der Waals surface area contributed by atoms with Crippen LogP contribution in [0.2, 0.25) is 0 Å². The number of methoxy groups -OCH3 is 1. The van der Waals surface area contributed by atoms with Crippen molar-refractivity contribution in [3.05, 3.63) is 35.4 Å². The normalized spacial score (nSPS) is 26.5. The third kappa shape index (κ3) is 2.21. The summed E-state index contributed by atoms with van der Waals surface area (Å²) in [5.74, 6) is 0.505.